The monoisotopic (exact) mass is 772 g/mol. The summed E-state index contributed by atoms with van der Waals surface area (Å²) >= 11 is 0. The van der Waals surface area contributed by atoms with E-state index in [9.17, 15) is 71.2 Å². The molecule has 15 atom stereocenters. The fourth-order valence-electron chi connectivity index (χ4n) is 6.20. The number of benzene rings is 2. The van der Waals surface area contributed by atoms with Crippen molar-refractivity contribution in [3.05, 3.63) is 46.6 Å². The summed E-state index contributed by atoms with van der Waals surface area (Å²) in [6.45, 7) is -2.19. The summed E-state index contributed by atoms with van der Waals surface area (Å²) in [5, 5.41) is 133. The van der Waals surface area contributed by atoms with Gasteiger partial charge in [0.05, 0.1) is 19.8 Å². The molecule has 6 rings (SSSR count). The summed E-state index contributed by atoms with van der Waals surface area (Å²) in [7, 11) is 0. The molecule has 0 unspecified atom stereocenters. The van der Waals surface area contributed by atoms with Crippen LogP contribution in [0, 0.1) is 0 Å². The molecule has 0 saturated carbocycles. The normalized spacial score (nSPS) is 37.3. The third-order valence-electron chi connectivity index (χ3n) is 9.31. The van der Waals surface area contributed by atoms with E-state index in [1.165, 1.54) is 24.3 Å². The van der Waals surface area contributed by atoms with Gasteiger partial charge in [-0.15, -0.1) is 0 Å². The van der Waals surface area contributed by atoms with E-state index in [0.717, 1.165) is 12.1 Å². The highest BCUT2D eigenvalue weighted by atomic mass is 16.7. The zero-order chi connectivity index (χ0) is 39.2. The van der Waals surface area contributed by atoms with Gasteiger partial charge in [-0.05, 0) is 24.3 Å². The predicted molar refractivity (Wildman–Crippen MR) is 173 cm³/mol. The Morgan fingerprint density at radius 1 is 0.593 bits per heavy atom. The Morgan fingerprint density at radius 3 is 1.67 bits per heavy atom. The number of ether oxygens (including phenoxy) is 6. The number of fused-ring (bicyclic) bond motifs is 1. The van der Waals surface area contributed by atoms with E-state index in [1.54, 1.807) is 0 Å². The van der Waals surface area contributed by atoms with Crippen LogP contribution in [0.25, 0.3) is 22.3 Å². The van der Waals surface area contributed by atoms with Crippen molar-refractivity contribution in [2.75, 3.05) is 19.8 Å². The average Bonchev–Trinajstić information content (AvgIpc) is 3.15. The van der Waals surface area contributed by atoms with Crippen molar-refractivity contribution in [3.63, 3.8) is 0 Å². The molecule has 1 aromatic heterocycles. The van der Waals surface area contributed by atoms with Crippen LogP contribution in [0.5, 0.6) is 23.0 Å². The molecule has 0 radical (unpaired) electrons. The smallest absolute Gasteiger partial charge is 0.239 e. The van der Waals surface area contributed by atoms with Gasteiger partial charge in [-0.2, -0.15) is 0 Å². The number of phenolic OH excluding ortho intramolecular Hbond substituents is 2. The number of aliphatic hydroxyl groups is 11. The van der Waals surface area contributed by atoms with Gasteiger partial charge in [0.1, 0.15) is 101 Å². The predicted octanol–water partition coefficient (Wildman–Crippen LogP) is -4.95. The summed E-state index contributed by atoms with van der Waals surface area (Å²) in [5.74, 6) is -2.27. The second-order valence-electron chi connectivity index (χ2n) is 12.9. The first-order valence-electron chi connectivity index (χ1n) is 16.5. The topological polar surface area (TPSA) is 349 Å². The highest BCUT2D eigenvalue weighted by molar-refractivity contribution is 5.88. The number of hydrogen-bond acceptors (Lipinski definition) is 21. The molecule has 13 N–H and O–H groups in total. The molecular formula is C33H40O21. The van der Waals surface area contributed by atoms with Crippen LogP contribution in [0.4, 0.5) is 0 Å². The van der Waals surface area contributed by atoms with Crippen molar-refractivity contribution < 1.29 is 99.2 Å². The van der Waals surface area contributed by atoms with Crippen molar-refractivity contribution >= 4 is 11.0 Å². The van der Waals surface area contributed by atoms with E-state index in [0.29, 0.717) is 0 Å². The highest BCUT2D eigenvalue weighted by Gasteiger charge is 2.48. The second kappa shape index (κ2) is 16.2. The van der Waals surface area contributed by atoms with E-state index in [-0.39, 0.29) is 28.4 Å². The molecule has 2 aromatic carbocycles. The fourth-order valence-corrected chi connectivity index (χ4v) is 6.20. The Kier molecular flexibility index (Phi) is 11.9. The van der Waals surface area contributed by atoms with Crippen LogP contribution in [-0.2, 0) is 18.9 Å². The van der Waals surface area contributed by atoms with Crippen LogP contribution in [-0.4, -0.2) is 178 Å². The van der Waals surface area contributed by atoms with Gasteiger partial charge >= 0.3 is 0 Å². The highest BCUT2D eigenvalue weighted by Crippen LogP contribution is 2.38. The van der Waals surface area contributed by atoms with E-state index in [1.807, 2.05) is 0 Å². The first-order valence-corrected chi connectivity index (χ1v) is 16.5. The maximum Gasteiger partial charge on any atom is 0.239 e. The Hall–Kier alpha value is -3.75. The van der Waals surface area contributed by atoms with E-state index in [2.05, 4.69) is 0 Å². The molecule has 21 heteroatoms. The van der Waals surface area contributed by atoms with Gasteiger partial charge in [0.15, 0.2) is 12.1 Å². The van der Waals surface area contributed by atoms with Crippen molar-refractivity contribution in [1.29, 1.82) is 0 Å². The first-order chi connectivity index (χ1) is 25.6. The third kappa shape index (κ3) is 7.58. The molecule has 4 heterocycles. The van der Waals surface area contributed by atoms with Crippen LogP contribution in [0.3, 0.4) is 0 Å². The van der Waals surface area contributed by atoms with Crippen LogP contribution < -0.4 is 14.9 Å². The Morgan fingerprint density at radius 2 is 1.09 bits per heavy atom. The molecule has 3 aliphatic rings. The average molecular weight is 773 g/mol. The van der Waals surface area contributed by atoms with Gasteiger partial charge in [-0.1, -0.05) is 0 Å². The summed E-state index contributed by atoms with van der Waals surface area (Å²) in [4.78, 5) is 13.9. The lowest BCUT2D eigenvalue weighted by molar-refractivity contribution is -0.323. The first kappa shape index (κ1) is 39.9. The fraction of sp³-hybridized carbons (Fsp3) is 0.545. The third-order valence-corrected chi connectivity index (χ3v) is 9.31. The van der Waals surface area contributed by atoms with Gasteiger partial charge in [0.2, 0.25) is 23.8 Å². The Bertz CT molecular complexity index is 1800. The van der Waals surface area contributed by atoms with Crippen LogP contribution in [0.15, 0.2) is 45.6 Å². The van der Waals surface area contributed by atoms with Gasteiger partial charge in [-0.3, -0.25) is 4.79 Å². The molecule has 21 nitrogen and oxygen atoms in total. The quantitative estimate of drug-likeness (QED) is 0.0918. The van der Waals surface area contributed by atoms with E-state index < -0.39 is 134 Å². The van der Waals surface area contributed by atoms with Crippen LogP contribution >= 0.6 is 0 Å². The zero-order valence-corrected chi connectivity index (χ0v) is 27.8. The molecule has 0 amide bonds. The minimum atomic E-state index is -1.93. The maximum absolute atomic E-state index is 13.9. The number of phenols is 2. The summed E-state index contributed by atoms with van der Waals surface area (Å²) < 4.78 is 39.0. The van der Waals surface area contributed by atoms with Crippen LogP contribution in [0.1, 0.15) is 0 Å². The second-order valence-corrected chi connectivity index (χ2v) is 12.9. The van der Waals surface area contributed by atoms with Crippen molar-refractivity contribution in [2.24, 2.45) is 0 Å². The lowest BCUT2D eigenvalue weighted by Crippen LogP contribution is -2.62. The Balaban J connectivity index is 1.29. The minimum absolute atomic E-state index is 0.114. The standard InChI is InChI=1S/C33H40O21/c34-7-15-19(38)23(42)26(45)31(51-15)48-9-17-21(40)25(44)27(46)32(53-17)49-12-5-13(37)18-14(6-12)50-29(10-1-3-11(36)4-2-10)30(22(18)41)54-33-28(47)24(43)20(39)16(8-35)52-33/h1-6,15-17,19-21,23-28,31-40,42-47H,7-9H2/t15-,16-,17-,19-,20-,21-,23+,24+,25+,26-,27-,28-,31-,32-,33+/m1/s1. The SMILES string of the molecule is O=c1c(O[C@@H]2O[C@H](CO)[C@@H](O)[C@H](O)[C@H]2O)c(-c2ccc(O)cc2)oc2cc(O[C@@H]3O[C@H](CO[C@@H]4O[C@H](CO)[C@@H](O)[C@H](O)[C@H]4O)[C@@H](O)[C@H](O)[C@H]3O)cc(O)c12. The number of aliphatic hydroxyl groups excluding tert-OH is 11. The van der Waals surface area contributed by atoms with E-state index in [4.69, 9.17) is 32.8 Å². The van der Waals surface area contributed by atoms with E-state index >= 15 is 0 Å². The number of aromatic hydroxyl groups is 2. The molecule has 0 spiro atoms. The molecule has 3 aromatic rings. The minimum Gasteiger partial charge on any atom is -0.508 e. The van der Waals surface area contributed by atoms with Gasteiger partial charge in [0, 0.05) is 17.7 Å². The number of hydrogen-bond donors (Lipinski definition) is 13. The summed E-state index contributed by atoms with van der Waals surface area (Å²) in [6, 6.07) is 7.13. The molecule has 3 aliphatic heterocycles. The molecule has 3 fully saturated rings. The summed E-state index contributed by atoms with van der Waals surface area (Å²) in [6.07, 6.45) is -25.9. The van der Waals surface area contributed by atoms with Crippen LogP contribution in [0.2, 0.25) is 0 Å². The molecule has 3 saturated heterocycles. The zero-order valence-electron chi connectivity index (χ0n) is 27.8. The van der Waals surface area contributed by atoms with Gasteiger partial charge in [0.25, 0.3) is 0 Å². The van der Waals surface area contributed by atoms with Gasteiger partial charge in [-0.25, -0.2) is 0 Å². The molecule has 0 bridgehead atoms. The molecule has 0 aliphatic carbocycles. The molecule has 54 heavy (non-hydrogen) atoms. The lowest BCUT2D eigenvalue weighted by atomic mass is 9.98. The lowest BCUT2D eigenvalue weighted by Gasteiger charge is -2.42. The number of rotatable bonds is 10. The van der Waals surface area contributed by atoms with Crippen molar-refractivity contribution in [3.8, 4) is 34.3 Å². The molecule has 298 valence electrons. The Labute approximate surface area is 303 Å². The summed E-state index contributed by atoms with van der Waals surface area (Å²) in [5.41, 5.74) is -1.28. The largest absolute Gasteiger partial charge is 0.508 e. The maximum atomic E-state index is 13.9. The van der Waals surface area contributed by atoms with Gasteiger partial charge < -0.3 is 99.2 Å². The van der Waals surface area contributed by atoms with Crippen molar-refractivity contribution in [2.45, 2.75) is 92.1 Å². The van der Waals surface area contributed by atoms with Crippen molar-refractivity contribution in [1.82, 2.24) is 0 Å². The molecular weight excluding hydrogens is 732 g/mol.